The first-order valence-corrected chi connectivity index (χ1v) is 6.39. The average Bonchev–Trinajstić information content (AvgIpc) is 2.43. The summed E-state index contributed by atoms with van der Waals surface area (Å²) in [5, 5.41) is 12.3. The number of methoxy groups -OCH3 is 2. The van der Waals surface area contributed by atoms with Crippen LogP contribution in [0, 0.1) is 16.7 Å². The standard InChI is InChI=1S/C15H22N2O2/c1-15(2,11-16)8-5-9-17-13-7-6-12(18-3)10-14(13)19-4/h6-7,10,17H,5,8-9H2,1-4H3. The molecule has 0 aliphatic heterocycles. The predicted molar refractivity (Wildman–Crippen MR) is 76.7 cm³/mol. The van der Waals surface area contributed by atoms with Crippen LogP contribution in [-0.4, -0.2) is 20.8 Å². The zero-order chi connectivity index (χ0) is 14.3. The molecule has 0 bridgehead atoms. The second-order valence-electron chi connectivity index (χ2n) is 5.09. The highest BCUT2D eigenvalue weighted by molar-refractivity contribution is 5.59. The van der Waals surface area contributed by atoms with Crippen molar-refractivity contribution >= 4 is 5.69 Å². The van der Waals surface area contributed by atoms with Crippen LogP contribution < -0.4 is 14.8 Å². The van der Waals surface area contributed by atoms with Gasteiger partial charge in [0, 0.05) is 12.6 Å². The number of rotatable bonds is 7. The summed E-state index contributed by atoms with van der Waals surface area (Å²) in [6, 6.07) is 7.99. The molecular weight excluding hydrogens is 240 g/mol. The smallest absolute Gasteiger partial charge is 0.145 e. The van der Waals surface area contributed by atoms with Crippen LogP contribution in [-0.2, 0) is 0 Å². The Morgan fingerprint density at radius 1 is 1.26 bits per heavy atom. The van der Waals surface area contributed by atoms with E-state index in [4.69, 9.17) is 14.7 Å². The molecule has 0 spiro atoms. The summed E-state index contributed by atoms with van der Waals surface area (Å²) in [6.07, 6.45) is 1.81. The highest BCUT2D eigenvalue weighted by Gasteiger charge is 2.15. The van der Waals surface area contributed by atoms with Crippen LogP contribution in [0.2, 0.25) is 0 Å². The Bertz CT molecular complexity index is 450. The van der Waals surface area contributed by atoms with Gasteiger partial charge in [0.25, 0.3) is 0 Å². The van der Waals surface area contributed by atoms with Gasteiger partial charge in [0.05, 0.1) is 31.4 Å². The van der Waals surface area contributed by atoms with Crippen molar-refractivity contribution in [3.63, 3.8) is 0 Å². The van der Waals surface area contributed by atoms with Gasteiger partial charge in [-0.1, -0.05) is 0 Å². The van der Waals surface area contributed by atoms with Crippen LogP contribution >= 0.6 is 0 Å². The van der Waals surface area contributed by atoms with Gasteiger partial charge >= 0.3 is 0 Å². The molecule has 1 aromatic rings. The maximum absolute atomic E-state index is 8.95. The van der Waals surface area contributed by atoms with Crippen molar-refractivity contribution in [2.24, 2.45) is 5.41 Å². The molecule has 1 rings (SSSR count). The van der Waals surface area contributed by atoms with Crippen molar-refractivity contribution in [2.75, 3.05) is 26.1 Å². The van der Waals surface area contributed by atoms with E-state index in [0.29, 0.717) is 0 Å². The molecule has 0 amide bonds. The Hall–Kier alpha value is -1.89. The lowest BCUT2D eigenvalue weighted by molar-refractivity contribution is 0.395. The summed E-state index contributed by atoms with van der Waals surface area (Å²) >= 11 is 0. The molecule has 0 fully saturated rings. The van der Waals surface area contributed by atoms with Gasteiger partial charge in [-0.2, -0.15) is 5.26 Å². The Balaban J connectivity index is 2.52. The lowest BCUT2D eigenvalue weighted by Gasteiger charge is -2.16. The SMILES string of the molecule is COc1ccc(NCCCC(C)(C)C#N)c(OC)c1. The van der Waals surface area contributed by atoms with E-state index >= 15 is 0 Å². The molecule has 0 saturated heterocycles. The summed E-state index contributed by atoms with van der Waals surface area (Å²) in [6.45, 7) is 4.73. The lowest BCUT2D eigenvalue weighted by Crippen LogP contribution is -2.11. The molecule has 0 atom stereocenters. The third-order valence-corrected chi connectivity index (χ3v) is 3.01. The molecule has 1 N–H and O–H groups in total. The number of anilines is 1. The Labute approximate surface area is 115 Å². The molecule has 4 nitrogen and oxygen atoms in total. The number of ether oxygens (including phenoxy) is 2. The van der Waals surface area contributed by atoms with Gasteiger partial charge in [-0.3, -0.25) is 0 Å². The van der Waals surface area contributed by atoms with E-state index in [9.17, 15) is 0 Å². The van der Waals surface area contributed by atoms with Crippen molar-refractivity contribution in [1.82, 2.24) is 0 Å². The van der Waals surface area contributed by atoms with Gasteiger partial charge in [0.1, 0.15) is 11.5 Å². The van der Waals surface area contributed by atoms with E-state index in [0.717, 1.165) is 36.6 Å². The third kappa shape index (κ3) is 4.70. The molecule has 0 aliphatic carbocycles. The van der Waals surface area contributed by atoms with Gasteiger partial charge in [-0.15, -0.1) is 0 Å². The van der Waals surface area contributed by atoms with E-state index in [2.05, 4.69) is 11.4 Å². The van der Waals surface area contributed by atoms with Crippen molar-refractivity contribution in [2.45, 2.75) is 26.7 Å². The number of nitrogens with one attached hydrogen (secondary N) is 1. The van der Waals surface area contributed by atoms with Crippen LogP contribution in [0.1, 0.15) is 26.7 Å². The Kier molecular flexibility index (Phi) is 5.50. The molecule has 0 radical (unpaired) electrons. The minimum atomic E-state index is -0.258. The second-order valence-corrected chi connectivity index (χ2v) is 5.09. The third-order valence-electron chi connectivity index (χ3n) is 3.01. The summed E-state index contributed by atoms with van der Waals surface area (Å²) in [5.74, 6) is 1.53. The largest absolute Gasteiger partial charge is 0.497 e. The van der Waals surface area contributed by atoms with E-state index in [1.165, 1.54) is 0 Å². The predicted octanol–water partition coefficient (Wildman–Crippen LogP) is 3.45. The molecule has 1 aromatic carbocycles. The van der Waals surface area contributed by atoms with Crippen LogP contribution in [0.5, 0.6) is 11.5 Å². The first-order valence-electron chi connectivity index (χ1n) is 6.39. The highest BCUT2D eigenvalue weighted by atomic mass is 16.5. The first kappa shape index (κ1) is 15.2. The van der Waals surface area contributed by atoms with E-state index in [-0.39, 0.29) is 5.41 Å². The maximum atomic E-state index is 8.95. The summed E-state index contributed by atoms with van der Waals surface area (Å²) in [7, 11) is 3.27. The van der Waals surface area contributed by atoms with E-state index in [1.807, 2.05) is 32.0 Å². The molecular formula is C15H22N2O2. The molecule has 0 unspecified atom stereocenters. The fourth-order valence-electron chi connectivity index (χ4n) is 1.75. The van der Waals surface area contributed by atoms with Gasteiger partial charge in [-0.05, 0) is 38.8 Å². The topological polar surface area (TPSA) is 54.3 Å². The van der Waals surface area contributed by atoms with Crippen molar-refractivity contribution in [1.29, 1.82) is 5.26 Å². The number of nitrogens with zero attached hydrogens (tertiary/aromatic N) is 1. The van der Waals surface area contributed by atoms with Gasteiger partial charge in [0.15, 0.2) is 0 Å². The maximum Gasteiger partial charge on any atom is 0.145 e. The van der Waals surface area contributed by atoms with Gasteiger partial charge < -0.3 is 14.8 Å². The minimum absolute atomic E-state index is 0.258. The van der Waals surface area contributed by atoms with E-state index < -0.39 is 0 Å². The quantitative estimate of drug-likeness (QED) is 0.765. The fraction of sp³-hybridized carbons (Fsp3) is 0.533. The van der Waals surface area contributed by atoms with Crippen LogP contribution in [0.4, 0.5) is 5.69 Å². The van der Waals surface area contributed by atoms with Gasteiger partial charge in [0.2, 0.25) is 0 Å². The second kappa shape index (κ2) is 6.89. The summed E-state index contributed by atoms with van der Waals surface area (Å²) < 4.78 is 10.5. The Morgan fingerprint density at radius 3 is 2.58 bits per heavy atom. The summed E-state index contributed by atoms with van der Waals surface area (Å²) in [4.78, 5) is 0. The number of hydrogen-bond donors (Lipinski definition) is 1. The Morgan fingerprint density at radius 2 is 2.00 bits per heavy atom. The first-order chi connectivity index (χ1) is 9.02. The van der Waals surface area contributed by atoms with Crippen LogP contribution in [0.3, 0.4) is 0 Å². The lowest BCUT2D eigenvalue weighted by atomic mass is 9.90. The van der Waals surface area contributed by atoms with Crippen molar-refractivity contribution in [3.8, 4) is 17.6 Å². The van der Waals surface area contributed by atoms with Gasteiger partial charge in [-0.25, -0.2) is 0 Å². The highest BCUT2D eigenvalue weighted by Crippen LogP contribution is 2.29. The number of hydrogen-bond acceptors (Lipinski definition) is 4. The molecule has 0 saturated carbocycles. The molecule has 0 aromatic heterocycles. The zero-order valence-electron chi connectivity index (χ0n) is 12.1. The number of benzene rings is 1. The minimum Gasteiger partial charge on any atom is -0.497 e. The van der Waals surface area contributed by atoms with E-state index in [1.54, 1.807) is 14.2 Å². The molecule has 19 heavy (non-hydrogen) atoms. The van der Waals surface area contributed by atoms with Crippen molar-refractivity contribution < 1.29 is 9.47 Å². The molecule has 4 heteroatoms. The van der Waals surface area contributed by atoms with Crippen molar-refractivity contribution in [3.05, 3.63) is 18.2 Å². The molecule has 0 aliphatic rings. The van der Waals surface area contributed by atoms with Crippen LogP contribution in [0.15, 0.2) is 18.2 Å². The normalized spacial score (nSPS) is 10.7. The molecule has 104 valence electrons. The fourth-order valence-corrected chi connectivity index (χ4v) is 1.75. The number of nitriles is 1. The zero-order valence-corrected chi connectivity index (χ0v) is 12.1. The average molecular weight is 262 g/mol. The molecule has 0 heterocycles. The van der Waals surface area contributed by atoms with Crippen LogP contribution in [0.25, 0.3) is 0 Å². The monoisotopic (exact) mass is 262 g/mol. The summed E-state index contributed by atoms with van der Waals surface area (Å²) in [5.41, 5.74) is 0.684.